The number of likely N-dealkylation sites (N-methyl/N-ethyl adjacent to an activating group) is 1. The highest BCUT2D eigenvalue weighted by Crippen LogP contribution is 2.26. The van der Waals surface area contributed by atoms with E-state index in [4.69, 9.17) is 16.6 Å². The zero-order valence-electron chi connectivity index (χ0n) is 13.1. The maximum absolute atomic E-state index is 11.7. The molecule has 2 rings (SSSR count). The van der Waals surface area contributed by atoms with Crippen molar-refractivity contribution >= 4 is 34.1 Å². The highest BCUT2D eigenvalue weighted by Gasteiger charge is 2.15. The number of rotatable bonds is 7. The Hall–Kier alpha value is -1.51. The van der Waals surface area contributed by atoms with Gasteiger partial charge in [0.05, 0.1) is 12.6 Å². The highest BCUT2D eigenvalue weighted by atomic mass is 79.9. The van der Waals surface area contributed by atoms with Gasteiger partial charge in [-0.15, -0.1) is 5.10 Å². The Bertz CT molecular complexity index is 728. The van der Waals surface area contributed by atoms with Crippen molar-refractivity contribution in [1.29, 1.82) is 0 Å². The number of benzene rings is 1. The van der Waals surface area contributed by atoms with Crippen molar-refractivity contribution in [1.82, 2.24) is 15.1 Å². The van der Waals surface area contributed by atoms with E-state index in [9.17, 15) is 4.79 Å². The van der Waals surface area contributed by atoms with Crippen molar-refractivity contribution in [3.63, 3.8) is 0 Å². The molecule has 0 aliphatic carbocycles. The SMILES string of the molecule is CCCNC(=O)C[NH+](C)Cn1nc(-c2ccccc2Br)oc1=S. The van der Waals surface area contributed by atoms with Gasteiger partial charge in [0, 0.05) is 11.0 Å². The van der Waals surface area contributed by atoms with Crippen molar-refractivity contribution in [2.75, 3.05) is 20.1 Å². The molecule has 0 saturated heterocycles. The summed E-state index contributed by atoms with van der Waals surface area (Å²) in [5, 5.41) is 7.27. The summed E-state index contributed by atoms with van der Waals surface area (Å²) in [6.45, 7) is 3.54. The van der Waals surface area contributed by atoms with Gasteiger partial charge in [0.25, 0.3) is 10.7 Å². The molecule has 0 spiro atoms. The molecule has 6 nitrogen and oxygen atoms in total. The maximum atomic E-state index is 11.7. The highest BCUT2D eigenvalue weighted by molar-refractivity contribution is 9.10. The molecule has 0 saturated carbocycles. The third-order valence-corrected chi connectivity index (χ3v) is 4.15. The van der Waals surface area contributed by atoms with Gasteiger partial charge < -0.3 is 14.6 Å². The summed E-state index contributed by atoms with van der Waals surface area (Å²) in [7, 11) is 1.92. The number of carbonyl (C=O) groups excluding carboxylic acids is 1. The van der Waals surface area contributed by atoms with Crippen LogP contribution in [0.1, 0.15) is 13.3 Å². The molecule has 1 amide bonds. The molecule has 1 aromatic carbocycles. The molecule has 1 aromatic heterocycles. The van der Waals surface area contributed by atoms with E-state index in [0.29, 0.717) is 30.5 Å². The Morgan fingerprint density at radius 2 is 2.22 bits per heavy atom. The molecule has 1 atom stereocenters. The number of hydrogen-bond donors (Lipinski definition) is 2. The van der Waals surface area contributed by atoms with E-state index < -0.39 is 0 Å². The number of aromatic nitrogens is 2. The van der Waals surface area contributed by atoms with Crippen molar-refractivity contribution in [3.8, 4) is 11.5 Å². The number of halogens is 1. The normalized spacial score (nSPS) is 12.1. The Morgan fingerprint density at radius 1 is 1.48 bits per heavy atom. The second kappa shape index (κ2) is 8.37. The topological polar surface area (TPSA) is 64.5 Å². The van der Waals surface area contributed by atoms with Crippen molar-refractivity contribution < 1.29 is 14.1 Å². The second-order valence-electron chi connectivity index (χ2n) is 5.29. The first-order valence-electron chi connectivity index (χ1n) is 7.42. The number of amides is 1. The fraction of sp³-hybridized carbons (Fsp3) is 0.400. The smallest absolute Gasteiger partial charge is 0.292 e. The van der Waals surface area contributed by atoms with Crippen molar-refractivity contribution in [2.24, 2.45) is 0 Å². The second-order valence-corrected chi connectivity index (χ2v) is 6.50. The van der Waals surface area contributed by atoms with Crippen LogP contribution in [0.5, 0.6) is 0 Å². The fourth-order valence-electron chi connectivity index (χ4n) is 2.06. The molecule has 2 aromatic rings. The van der Waals surface area contributed by atoms with Crippen LogP contribution in [0.3, 0.4) is 0 Å². The Kier molecular flexibility index (Phi) is 6.49. The lowest BCUT2D eigenvalue weighted by atomic mass is 10.2. The Labute approximate surface area is 148 Å². The van der Waals surface area contributed by atoms with Gasteiger partial charge in [-0.2, -0.15) is 4.68 Å². The number of hydrogen-bond acceptors (Lipinski definition) is 4. The predicted octanol–water partition coefficient (Wildman–Crippen LogP) is 1.63. The molecule has 2 N–H and O–H groups in total. The Morgan fingerprint density at radius 3 is 2.91 bits per heavy atom. The standard InChI is InChI=1S/C15H19BrN4O2S/c1-3-8-17-13(21)9-19(2)10-20-15(23)22-14(18-20)11-6-4-5-7-12(11)16/h4-7H,3,8-10H2,1-2H3,(H,17,21)/p+1. The van der Waals surface area contributed by atoms with Crippen LogP contribution >= 0.6 is 28.1 Å². The first kappa shape index (κ1) is 17.8. The van der Waals surface area contributed by atoms with E-state index in [1.54, 1.807) is 4.68 Å². The summed E-state index contributed by atoms with van der Waals surface area (Å²) < 4.78 is 8.07. The van der Waals surface area contributed by atoms with Crippen LogP contribution in [0.4, 0.5) is 0 Å². The first-order valence-corrected chi connectivity index (χ1v) is 8.62. The average Bonchev–Trinajstić information content (AvgIpc) is 2.86. The monoisotopic (exact) mass is 399 g/mol. The van der Waals surface area contributed by atoms with Gasteiger partial charge in [-0.05, 0) is 46.7 Å². The van der Waals surface area contributed by atoms with E-state index in [1.807, 2.05) is 38.2 Å². The average molecular weight is 400 g/mol. The van der Waals surface area contributed by atoms with Crippen LogP contribution in [0.2, 0.25) is 0 Å². The predicted molar refractivity (Wildman–Crippen MR) is 93.5 cm³/mol. The van der Waals surface area contributed by atoms with E-state index in [0.717, 1.165) is 21.4 Å². The van der Waals surface area contributed by atoms with Gasteiger partial charge in [0.2, 0.25) is 5.89 Å². The molecular formula is C15H20BrN4O2S+. The quantitative estimate of drug-likeness (QED) is 0.694. The zero-order valence-corrected chi connectivity index (χ0v) is 15.5. The van der Waals surface area contributed by atoms with Gasteiger partial charge >= 0.3 is 0 Å². The summed E-state index contributed by atoms with van der Waals surface area (Å²) in [5.41, 5.74) is 0.843. The molecule has 1 heterocycles. The number of carbonyl (C=O) groups is 1. The zero-order chi connectivity index (χ0) is 16.8. The van der Waals surface area contributed by atoms with Crippen LogP contribution in [0.15, 0.2) is 33.2 Å². The van der Waals surface area contributed by atoms with E-state index in [-0.39, 0.29) is 5.91 Å². The van der Waals surface area contributed by atoms with Gasteiger partial charge in [0.15, 0.2) is 13.2 Å². The van der Waals surface area contributed by atoms with E-state index >= 15 is 0 Å². The third kappa shape index (κ3) is 4.98. The molecule has 1 unspecified atom stereocenters. The summed E-state index contributed by atoms with van der Waals surface area (Å²) in [4.78, 5) is 13.0. The minimum absolute atomic E-state index is 0.0189. The van der Waals surface area contributed by atoms with Crippen LogP contribution in [-0.4, -0.2) is 35.8 Å². The van der Waals surface area contributed by atoms with Crippen molar-refractivity contribution in [2.45, 2.75) is 20.0 Å². The largest absolute Gasteiger partial charge is 0.409 e. The minimum atomic E-state index is 0.0189. The molecule has 0 fully saturated rings. The molecule has 0 radical (unpaired) electrons. The summed E-state index contributed by atoms with van der Waals surface area (Å²) in [6.07, 6.45) is 0.925. The molecule has 124 valence electrons. The molecule has 23 heavy (non-hydrogen) atoms. The minimum Gasteiger partial charge on any atom is -0.409 e. The summed E-state index contributed by atoms with van der Waals surface area (Å²) in [6, 6.07) is 7.66. The maximum Gasteiger partial charge on any atom is 0.292 e. The van der Waals surface area contributed by atoms with Crippen LogP contribution in [0, 0.1) is 4.84 Å². The third-order valence-electron chi connectivity index (χ3n) is 3.16. The molecule has 0 bridgehead atoms. The van der Waals surface area contributed by atoms with E-state index in [1.165, 1.54) is 0 Å². The van der Waals surface area contributed by atoms with Gasteiger partial charge in [0.1, 0.15) is 0 Å². The van der Waals surface area contributed by atoms with Crippen LogP contribution < -0.4 is 10.2 Å². The van der Waals surface area contributed by atoms with Gasteiger partial charge in [-0.1, -0.05) is 19.1 Å². The molecule has 0 aliphatic heterocycles. The van der Waals surface area contributed by atoms with Crippen LogP contribution in [0.25, 0.3) is 11.5 Å². The lowest BCUT2D eigenvalue weighted by molar-refractivity contribution is -0.895. The summed E-state index contributed by atoms with van der Waals surface area (Å²) in [5.74, 6) is 0.483. The fourth-order valence-corrected chi connectivity index (χ4v) is 2.70. The van der Waals surface area contributed by atoms with Crippen LogP contribution in [-0.2, 0) is 11.5 Å². The number of quaternary nitrogens is 1. The first-order chi connectivity index (χ1) is 11.0. The number of nitrogens with one attached hydrogen (secondary N) is 2. The Balaban J connectivity index is 2.06. The summed E-state index contributed by atoms with van der Waals surface area (Å²) >= 11 is 8.70. The number of nitrogens with zero attached hydrogens (tertiary/aromatic N) is 2. The molecule has 8 heteroatoms. The van der Waals surface area contributed by atoms with E-state index in [2.05, 4.69) is 26.3 Å². The van der Waals surface area contributed by atoms with Gasteiger partial charge in [-0.3, -0.25) is 4.79 Å². The lowest BCUT2D eigenvalue weighted by Crippen LogP contribution is -3.09. The van der Waals surface area contributed by atoms with Gasteiger partial charge in [-0.25, -0.2) is 0 Å². The molecular weight excluding hydrogens is 380 g/mol. The lowest BCUT2D eigenvalue weighted by Gasteiger charge is -2.12. The van der Waals surface area contributed by atoms with Crippen molar-refractivity contribution in [3.05, 3.63) is 33.6 Å². The molecule has 0 aliphatic rings.